The van der Waals surface area contributed by atoms with Gasteiger partial charge in [-0.25, -0.2) is 15.0 Å². The first kappa shape index (κ1) is 19.4. The molecule has 0 saturated carbocycles. The molecule has 0 aliphatic carbocycles. The van der Waals surface area contributed by atoms with Crippen LogP contribution in [0.3, 0.4) is 0 Å². The molecular formula is C23H21N5O2S. The number of nitrogens with zero attached hydrogens (tertiary/aromatic N) is 4. The molecule has 0 radical (unpaired) electrons. The number of ketones is 1. The Kier molecular flexibility index (Phi) is 5.21. The number of piperidine rings is 1. The van der Waals surface area contributed by atoms with Gasteiger partial charge < -0.3 is 14.6 Å². The molecule has 1 fully saturated rings. The summed E-state index contributed by atoms with van der Waals surface area (Å²) in [6, 6.07) is 14.0. The topological polar surface area (TPSA) is 84.2 Å². The fourth-order valence-electron chi connectivity index (χ4n) is 3.65. The van der Waals surface area contributed by atoms with E-state index < -0.39 is 0 Å². The van der Waals surface area contributed by atoms with E-state index in [9.17, 15) is 4.79 Å². The van der Waals surface area contributed by atoms with Gasteiger partial charge in [-0.3, -0.25) is 4.79 Å². The van der Waals surface area contributed by atoms with Crippen molar-refractivity contribution in [3.63, 3.8) is 0 Å². The van der Waals surface area contributed by atoms with E-state index in [1.807, 2.05) is 59.7 Å². The Morgan fingerprint density at radius 3 is 3.00 bits per heavy atom. The predicted molar refractivity (Wildman–Crippen MR) is 122 cm³/mol. The lowest BCUT2D eigenvalue weighted by Crippen LogP contribution is -2.44. The molecule has 8 heteroatoms. The van der Waals surface area contributed by atoms with Gasteiger partial charge in [0.2, 0.25) is 5.95 Å². The lowest BCUT2D eigenvalue weighted by atomic mass is 10.0. The van der Waals surface area contributed by atoms with Gasteiger partial charge in [0.1, 0.15) is 0 Å². The quantitative estimate of drug-likeness (QED) is 0.467. The first-order chi connectivity index (χ1) is 15.2. The van der Waals surface area contributed by atoms with Gasteiger partial charge in [0.05, 0.1) is 22.8 Å². The Labute approximate surface area is 183 Å². The molecule has 1 unspecified atom stereocenters. The average molecular weight is 432 g/mol. The molecule has 0 bridgehead atoms. The molecule has 1 atom stereocenters. The number of nitrogens with one attached hydrogen (secondary N) is 1. The molecule has 3 aromatic heterocycles. The van der Waals surface area contributed by atoms with Crippen molar-refractivity contribution in [3.05, 3.63) is 60.2 Å². The van der Waals surface area contributed by atoms with Crippen molar-refractivity contribution in [1.29, 1.82) is 0 Å². The van der Waals surface area contributed by atoms with Gasteiger partial charge in [-0.1, -0.05) is 18.2 Å². The van der Waals surface area contributed by atoms with E-state index in [-0.39, 0.29) is 11.8 Å². The maximum absolute atomic E-state index is 12.0. The van der Waals surface area contributed by atoms with Gasteiger partial charge in [-0.15, -0.1) is 11.3 Å². The van der Waals surface area contributed by atoms with Crippen LogP contribution >= 0.6 is 11.3 Å². The standard InChI is InChI=1S/C23H21N5O2S/c1-15-19(29)7-3-11-28(15)23-25-14-20(30-23)16-5-2-6-17(13-16)26-22-24-10-9-18(27-22)21-8-4-12-31-21/h2,4-6,8-10,12-15H,3,7,11H2,1H3,(H,24,26,27). The predicted octanol–water partition coefficient (Wildman–Crippen LogP) is 5.16. The van der Waals surface area contributed by atoms with Crippen LogP contribution in [0.2, 0.25) is 0 Å². The normalized spacial score (nSPS) is 16.5. The number of hydrogen-bond donors (Lipinski definition) is 1. The summed E-state index contributed by atoms with van der Waals surface area (Å²) in [5.41, 5.74) is 2.61. The third-order valence-corrected chi connectivity index (χ3v) is 6.22. The Morgan fingerprint density at radius 1 is 1.19 bits per heavy atom. The van der Waals surface area contributed by atoms with E-state index in [1.54, 1.807) is 23.7 Å². The fraction of sp³-hybridized carbons (Fsp3) is 0.217. The average Bonchev–Trinajstić information content (AvgIpc) is 3.49. The molecule has 31 heavy (non-hydrogen) atoms. The third kappa shape index (κ3) is 4.06. The monoisotopic (exact) mass is 431 g/mol. The van der Waals surface area contributed by atoms with E-state index in [1.165, 1.54) is 0 Å². The van der Waals surface area contributed by atoms with Crippen molar-refractivity contribution in [2.45, 2.75) is 25.8 Å². The highest BCUT2D eigenvalue weighted by Crippen LogP contribution is 2.30. The lowest BCUT2D eigenvalue weighted by Gasteiger charge is -2.30. The van der Waals surface area contributed by atoms with E-state index in [0.717, 1.165) is 34.8 Å². The second-order valence-electron chi connectivity index (χ2n) is 7.39. The zero-order valence-electron chi connectivity index (χ0n) is 17.0. The summed E-state index contributed by atoms with van der Waals surface area (Å²) >= 11 is 1.64. The second kappa shape index (κ2) is 8.31. The Bertz CT molecular complexity index is 1200. The smallest absolute Gasteiger partial charge is 0.298 e. The van der Waals surface area contributed by atoms with E-state index >= 15 is 0 Å². The molecule has 4 heterocycles. The SMILES string of the molecule is CC1C(=O)CCCN1c1ncc(-c2cccc(Nc3nccc(-c4cccs4)n3)c2)o1. The van der Waals surface area contributed by atoms with Crippen LogP contribution < -0.4 is 10.2 Å². The molecule has 1 N–H and O–H groups in total. The molecule has 4 aromatic rings. The highest BCUT2D eigenvalue weighted by molar-refractivity contribution is 7.13. The van der Waals surface area contributed by atoms with E-state index in [4.69, 9.17) is 4.42 Å². The Balaban J connectivity index is 1.36. The largest absolute Gasteiger partial charge is 0.423 e. The van der Waals surface area contributed by atoms with E-state index in [0.29, 0.717) is 24.1 Å². The molecule has 1 aliphatic rings. The number of carbonyl (C=O) groups excluding carboxylic acids is 1. The van der Waals surface area contributed by atoms with Crippen LogP contribution in [-0.4, -0.2) is 33.3 Å². The summed E-state index contributed by atoms with van der Waals surface area (Å²) in [6.45, 7) is 2.67. The first-order valence-electron chi connectivity index (χ1n) is 10.2. The summed E-state index contributed by atoms with van der Waals surface area (Å²) in [5, 5.41) is 5.29. The van der Waals surface area contributed by atoms with Gasteiger partial charge in [-0.2, -0.15) is 0 Å². The van der Waals surface area contributed by atoms with Gasteiger partial charge in [0.25, 0.3) is 6.01 Å². The van der Waals surface area contributed by atoms with Crippen molar-refractivity contribution in [1.82, 2.24) is 15.0 Å². The van der Waals surface area contributed by atoms with Gasteiger partial charge >= 0.3 is 0 Å². The van der Waals surface area contributed by atoms with Crippen molar-refractivity contribution in [3.8, 4) is 21.9 Å². The first-order valence-corrected chi connectivity index (χ1v) is 11.0. The van der Waals surface area contributed by atoms with Crippen LogP contribution in [0, 0.1) is 0 Å². The van der Waals surface area contributed by atoms with Crippen molar-refractivity contribution < 1.29 is 9.21 Å². The zero-order chi connectivity index (χ0) is 21.2. The number of carbonyl (C=O) groups is 1. The number of benzene rings is 1. The van der Waals surface area contributed by atoms with Crippen LogP contribution in [0.4, 0.5) is 17.7 Å². The van der Waals surface area contributed by atoms with Crippen LogP contribution in [0.15, 0.2) is 64.7 Å². The van der Waals surface area contributed by atoms with E-state index in [2.05, 4.69) is 20.3 Å². The summed E-state index contributed by atoms with van der Waals surface area (Å²) in [6.07, 6.45) is 4.89. The minimum absolute atomic E-state index is 0.207. The number of oxazole rings is 1. The van der Waals surface area contributed by atoms with Gasteiger partial charge in [0, 0.05) is 30.4 Å². The molecule has 0 spiro atoms. The number of rotatable bonds is 5. The maximum atomic E-state index is 12.0. The van der Waals surface area contributed by atoms with Crippen molar-refractivity contribution in [2.75, 3.05) is 16.8 Å². The zero-order valence-corrected chi connectivity index (χ0v) is 17.8. The Morgan fingerprint density at radius 2 is 2.13 bits per heavy atom. The number of thiophene rings is 1. The highest BCUT2D eigenvalue weighted by Gasteiger charge is 2.28. The van der Waals surface area contributed by atoms with Gasteiger partial charge in [-0.05, 0) is 43.0 Å². The third-order valence-electron chi connectivity index (χ3n) is 5.33. The molecule has 156 valence electrons. The number of anilines is 3. The number of hydrogen-bond acceptors (Lipinski definition) is 8. The van der Waals surface area contributed by atoms with Crippen LogP contribution in [0.5, 0.6) is 0 Å². The van der Waals surface area contributed by atoms with Crippen LogP contribution in [-0.2, 0) is 4.79 Å². The molecule has 1 saturated heterocycles. The molecule has 7 nitrogen and oxygen atoms in total. The second-order valence-corrected chi connectivity index (χ2v) is 8.34. The summed E-state index contributed by atoms with van der Waals surface area (Å²) in [4.78, 5) is 28.4. The highest BCUT2D eigenvalue weighted by atomic mass is 32.1. The van der Waals surface area contributed by atoms with Crippen molar-refractivity contribution in [2.24, 2.45) is 0 Å². The van der Waals surface area contributed by atoms with Crippen molar-refractivity contribution >= 4 is 34.8 Å². The molecule has 1 aliphatic heterocycles. The molecule has 0 amide bonds. The summed E-state index contributed by atoms with van der Waals surface area (Å²) in [5.74, 6) is 1.40. The lowest BCUT2D eigenvalue weighted by molar-refractivity contribution is -0.121. The Hall–Kier alpha value is -3.52. The summed E-state index contributed by atoms with van der Waals surface area (Å²) < 4.78 is 6.01. The van der Waals surface area contributed by atoms with Crippen LogP contribution in [0.25, 0.3) is 21.9 Å². The minimum Gasteiger partial charge on any atom is -0.423 e. The maximum Gasteiger partial charge on any atom is 0.298 e. The molecule has 1 aromatic carbocycles. The number of Topliss-reactive ketones (excluding diaryl/α,β-unsaturated/α-hetero) is 1. The summed E-state index contributed by atoms with van der Waals surface area (Å²) in [7, 11) is 0. The minimum atomic E-state index is -0.207. The van der Waals surface area contributed by atoms with Gasteiger partial charge in [0.15, 0.2) is 11.5 Å². The number of aromatic nitrogens is 3. The van der Waals surface area contributed by atoms with Crippen LogP contribution in [0.1, 0.15) is 19.8 Å². The fourth-order valence-corrected chi connectivity index (χ4v) is 4.35. The molecular weight excluding hydrogens is 410 g/mol. The molecule has 5 rings (SSSR count).